The molecule has 4 rings (SSSR count). The summed E-state index contributed by atoms with van der Waals surface area (Å²) in [5.41, 5.74) is 5.54. The Kier molecular flexibility index (Phi) is 11.1. The van der Waals surface area contributed by atoms with Crippen LogP contribution in [0.1, 0.15) is 80.6 Å². The summed E-state index contributed by atoms with van der Waals surface area (Å²) in [7, 11) is 0. The van der Waals surface area contributed by atoms with Gasteiger partial charge in [0.05, 0.1) is 37.2 Å². The zero-order chi connectivity index (χ0) is 28.5. The van der Waals surface area contributed by atoms with Gasteiger partial charge in [-0.1, -0.05) is 50.1 Å². The van der Waals surface area contributed by atoms with Crippen molar-refractivity contribution in [3.05, 3.63) is 65.1 Å². The first-order valence-corrected chi connectivity index (χ1v) is 14.8. The summed E-state index contributed by atoms with van der Waals surface area (Å²) in [6, 6.07) is 11.6. The van der Waals surface area contributed by atoms with E-state index in [2.05, 4.69) is 16.6 Å². The zero-order valence-corrected chi connectivity index (χ0v) is 24.8. The number of hydrogen-bond acceptors (Lipinski definition) is 7. The van der Waals surface area contributed by atoms with Crippen LogP contribution in [-0.4, -0.2) is 53.4 Å². The second-order valence-corrected chi connectivity index (χ2v) is 10.8. The molecule has 0 fully saturated rings. The van der Waals surface area contributed by atoms with Crippen LogP contribution in [0.25, 0.3) is 5.65 Å². The molecule has 0 bridgehead atoms. The maximum Gasteiger partial charge on any atom is 0.508 e. The smallest absolute Gasteiger partial charge is 0.434 e. The number of fused-ring (bicyclic) bond motifs is 3. The summed E-state index contributed by atoms with van der Waals surface area (Å²) < 4.78 is 25.6. The minimum Gasteiger partial charge on any atom is -0.434 e. The number of pyridine rings is 1. The van der Waals surface area contributed by atoms with Gasteiger partial charge in [-0.25, -0.2) is 9.78 Å². The monoisotopic (exact) mass is 571 g/mol. The molecule has 1 unspecified atom stereocenters. The molecule has 1 aliphatic rings. The first-order chi connectivity index (χ1) is 19.4. The Labute approximate surface area is 242 Å². The van der Waals surface area contributed by atoms with Crippen LogP contribution in [0.2, 0.25) is 0 Å². The second kappa shape index (κ2) is 14.7. The normalized spacial score (nSPS) is 19.2. The number of rotatable bonds is 14. The molecule has 0 amide bonds. The van der Waals surface area contributed by atoms with E-state index >= 15 is 0 Å². The SMILES string of the molecule is CCCCC(Cl)CCCOC(=O)O[C@@H]1[C@@H](c2ccccc2)Nc2c(ccn3c(C)c(C)nc23)[C@H]1OCCOCC. The lowest BCUT2D eigenvalue weighted by atomic mass is 9.88. The number of unbranched alkanes of at least 4 members (excludes halogenated alkanes) is 1. The maximum absolute atomic E-state index is 13.0. The highest BCUT2D eigenvalue weighted by atomic mass is 35.5. The number of halogens is 1. The van der Waals surface area contributed by atoms with E-state index in [4.69, 9.17) is 35.5 Å². The van der Waals surface area contributed by atoms with Crippen LogP contribution < -0.4 is 5.32 Å². The molecule has 4 atom stereocenters. The van der Waals surface area contributed by atoms with Crippen molar-refractivity contribution in [1.82, 2.24) is 9.38 Å². The van der Waals surface area contributed by atoms with Crippen molar-refractivity contribution in [2.24, 2.45) is 0 Å². The predicted octanol–water partition coefficient (Wildman–Crippen LogP) is 7.31. The van der Waals surface area contributed by atoms with Crippen LogP contribution in [0.15, 0.2) is 42.6 Å². The summed E-state index contributed by atoms with van der Waals surface area (Å²) in [5.74, 6) is 0. The number of nitrogens with one attached hydrogen (secondary N) is 1. The molecule has 2 aromatic heterocycles. The van der Waals surface area contributed by atoms with Crippen LogP contribution in [0.5, 0.6) is 0 Å². The summed E-state index contributed by atoms with van der Waals surface area (Å²) >= 11 is 6.39. The van der Waals surface area contributed by atoms with E-state index in [1.807, 2.05) is 63.4 Å². The topological polar surface area (TPSA) is 83.3 Å². The quantitative estimate of drug-likeness (QED) is 0.123. The van der Waals surface area contributed by atoms with E-state index in [-0.39, 0.29) is 18.0 Å². The van der Waals surface area contributed by atoms with Crippen LogP contribution >= 0.6 is 11.6 Å². The number of carbonyl (C=O) groups is 1. The summed E-state index contributed by atoms with van der Waals surface area (Å²) in [6.45, 7) is 9.78. The van der Waals surface area contributed by atoms with Crippen molar-refractivity contribution in [2.45, 2.75) is 83.4 Å². The second-order valence-electron chi connectivity index (χ2n) is 10.2. The molecule has 3 heterocycles. The number of imidazole rings is 1. The Bertz CT molecular complexity index is 1230. The molecule has 0 saturated heterocycles. The zero-order valence-electron chi connectivity index (χ0n) is 24.0. The van der Waals surface area contributed by atoms with Gasteiger partial charge in [-0.3, -0.25) is 0 Å². The highest BCUT2D eigenvalue weighted by Crippen LogP contribution is 2.44. The van der Waals surface area contributed by atoms with Gasteiger partial charge in [-0.2, -0.15) is 0 Å². The molecule has 3 aromatic rings. The minimum absolute atomic E-state index is 0.0935. The van der Waals surface area contributed by atoms with Crippen LogP contribution in [0.3, 0.4) is 0 Å². The molecule has 8 nitrogen and oxygen atoms in total. The lowest BCUT2D eigenvalue weighted by molar-refractivity contribution is -0.0854. The van der Waals surface area contributed by atoms with Crippen molar-refractivity contribution in [3.63, 3.8) is 0 Å². The molecule has 1 aliphatic heterocycles. The van der Waals surface area contributed by atoms with E-state index in [1.54, 1.807) is 0 Å². The largest absolute Gasteiger partial charge is 0.508 e. The number of anilines is 1. The Hall–Kier alpha value is -2.81. The van der Waals surface area contributed by atoms with Gasteiger partial charge in [0.2, 0.25) is 0 Å². The number of alkyl halides is 1. The van der Waals surface area contributed by atoms with E-state index in [1.165, 1.54) is 0 Å². The van der Waals surface area contributed by atoms with Gasteiger partial charge >= 0.3 is 6.16 Å². The first kappa shape index (κ1) is 30.2. The van der Waals surface area contributed by atoms with E-state index in [9.17, 15) is 4.79 Å². The number of hydrogen-bond donors (Lipinski definition) is 1. The third-order valence-corrected chi connectivity index (χ3v) is 7.84. The average molecular weight is 572 g/mol. The van der Waals surface area contributed by atoms with Gasteiger partial charge in [0.1, 0.15) is 6.10 Å². The lowest BCUT2D eigenvalue weighted by Crippen LogP contribution is -2.41. The minimum atomic E-state index is -0.720. The predicted molar refractivity (Wildman–Crippen MR) is 157 cm³/mol. The highest BCUT2D eigenvalue weighted by molar-refractivity contribution is 6.20. The standard InChI is InChI=1S/C31H42ClN3O5/c1-5-7-14-24(32)15-11-18-39-31(36)40-29-26(23-12-9-8-10-13-23)34-27-25(28(29)38-20-19-37-6-2)16-17-35-22(4)21(3)33-30(27)35/h8-10,12-13,16-17,24,26,28-29,34H,5-7,11,14-15,18-20H2,1-4H3/t24?,26-,28-,29-/m1/s1. The van der Waals surface area contributed by atoms with E-state index < -0.39 is 18.4 Å². The van der Waals surface area contributed by atoms with Gasteiger partial charge in [0.15, 0.2) is 11.8 Å². The van der Waals surface area contributed by atoms with Gasteiger partial charge in [-0.15, -0.1) is 11.6 Å². The Balaban J connectivity index is 1.59. The maximum atomic E-state index is 13.0. The lowest BCUT2D eigenvalue weighted by Gasteiger charge is -2.39. The fourth-order valence-electron chi connectivity index (χ4n) is 5.13. The third-order valence-electron chi connectivity index (χ3n) is 7.41. The first-order valence-electron chi connectivity index (χ1n) is 14.4. The van der Waals surface area contributed by atoms with Crippen molar-refractivity contribution in [2.75, 3.05) is 31.7 Å². The number of ether oxygens (including phenoxy) is 4. The van der Waals surface area contributed by atoms with Crippen molar-refractivity contribution >= 4 is 29.1 Å². The number of aromatic nitrogens is 2. The number of carbonyl (C=O) groups excluding carboxylic acids is 1. The summed E-state index contributed by atoms with van der Waals surface area (Å²) in [6.07, 6.45) is 4.69. The Morgan fingerprint density at radius 1 is 1.07 bits per heavy atom. The molecule has 0 radical (unpaired) electrons. The fraction of sp³-hybridized carbons (Fsp3) is 0.548. The summed E-state index contributed by atoms with van der Waals surface area (Å²) in [5, 5.41) is 3.73. The van der Waals surface area contributed by atoms with E-state index in [0.29, 0.717) is 26.2 Å². The number of nitrogens with zero attached hydrogens (tertiary/aromatic N) is 2. The molecule has 0 spiro atoms. The van der Waals surface area contributed by atoms with Crippen molar-refractivity contribution in [3.8, 4) is 0 Å². The van der Waals surface area contributed by atoms with Crippen molar-refractivity contribution < 1.29 is 23.7 Å². The average Bonchev–Trinajstić information content (AvgIpc) is 3.26. The van der Waals surface area contributed by atoms with Gasteiger partial charge in [0, 0.05) is 29.4 Å². The van der Waals surface area contributed by atoms with E-state index in [0.717, 1.165) is 59.5 Å². The van der Waals surface area contributed by atoms with Gasteiger partial charge in [0.25, 0.3) is 0 Å². The fourth-order valence-corrected chi connectivity index (χ4v) is 5.44. The Morgan fingerprint density at radius 2 is 1.85 bits per heavy atom. The van der Waals surface area contributed by atoms with Crippen LogP contribution in [-0.2, 0) is 18.9 Å². The number of aryl methyl sites for hydroxylation is 2. The van der Waals surface area contributed by atoms with Gasteiger partial charge in [-0.05, 0) is 51.7 Å². The van der Waals surface area contributed by atoms with Crippen LogP contribution in [0.4, 0.5) is 10.5 Å². The molecular formula is C31H42ClN3O5. The highest BCUT2D eigenvalue weighted by Gasteiger charge is 2.42. The molecule has 0 aliphatic carbocycles. The van der Waals surface area contributed by atoms with Crippen molar-refractivity contribution in [1.29, 1.82) is 0 Å². The summed E-state index contributed by atoms with van der Waals surface area (Å²) in [4.78, 5) is 17.8. The molecule has 0 saturated carbocycles. The molecule has 9 heteroatoms. The van der Waals surface area contributed by atoms with Crippen LogP contribution in [0, 0.1) is 13.8 Å². The molecule has 40 heavy (non-hydrogen) atoms. The van der Waals surface area contributed by atoms with Gasteiger partial charge < -0.3 is 28.7 Å². The molecule has 1 aromatic carbocycles. The Morgan fingerprint density at radius 3 is 2.60 bits per heavy atom. The third kappa shape index (κ3) is 7.28. The molecular weight excluding hydrogens is 530 g/mol. The molecule has 218 valence electrons. The molecule has 1 N–H and O–H groups in total. The number of benzene rings is 1.